The first-order valence-electron chi connectivity index (χ1n) is 9.16. The summed E-state index contributed by atoms with van der Waals surface area (Å²) in [5, 5.41) is 3.10. The van der Waals surface area contributed by atoms with Gasteiger partial charge in [-0.3, -0.25) is 4.79 Å². The molecule has 0 spiro atoms. The lowest BCUT2D eigenvalue weighted by molar-refractivity contribution is 0.0954. The fraction of sp³-hybridized carbons (Fsp3) is 0.526. The Morgan fingerprint density at radius 1 is 1.23 bits per heavy atom. The van der Waals surface area contributed by atoms with Gasteiger partial charge in [-0.25, -0.2) is 8.42 Å². The van der Waals surface area contributed by atoms with Gasteiger partial charge >= 0.3 is 0 Å². The number of allylic oxidation sites excluding steroid dienone is 1. The number of sulfonamides is 1. The lowest BCUT2D eigenvalue weighted by atomic mass is 9.97. The molecule has 0 aliphatic heterocycles. The predicted molar refractivity (Wildman–Crippen MR) is 105 cm³/mol. The van der Waals surface area contributed by atoms with Crippen molar-refractivity contribution in [3.8, 4) is 0 Å². The van der Waals surface area contributed by atoms with E-state index in [1.54, 1.807) is 13.8 Å². The molecule has 0 fully saturated rings. The Hall–Kier alpha value is -1.37. The van der Waals surface area contributed by atoms with E-state index in [2.05, 4.69) is 11.4 Å². The van der Waals surface area contributed by atoms with E-state index in [4.69, 9.17) is 11.6 Å². The van der Waals surface area contributed by atoms with E-state index in [9.17, 15) is 13.2 Å². The number of amides is 1. The van der Waals surface area contributed by atoms with Gasteiger partial charge in [0.15, 0.2) is 0 Å². The minimum absolute atomic E-state index is 0.0886. The quantitative estimate of drug-likeness (QED) is 0.673. The Kier molecular flexibility index (Phi) is 7.68. The SMILES string of the molecule is CCN(CC)S(=O)(=O)c1ccc(Cl)c(C(=O)NCCC2=CCCCC2)c1. The number of halogens is 1. The average Bonchev–Trinajstić information content (AvgIpc) is 2.63. The van der Waals surface area contributed by atoms with Gasteiger partial charge in [-0.2, -0.15) is 4.31 Å². The highest BCUT2D eigenvalue weighted by Gasteiger charge is 2.23. The molecular formula is C19H27ClN2O3S. The Morgan fingerprint density at radius 3 is 2.58 bits per heavy atom. The van der Waals surface area contributed by atoms with Crippen molar-refractivity contribution < 1.29 is 13.2 Å². The first kappa shape index (κ1) is 20.9. The van der Waals surface area contributed by atoms with Crippen molar-refractivity contribution in [2.24, 2.45) is 0 Å². The number of rotatable bonds is 8. The van der Waals surface area contributed by atoms with E-state index in [1.165, 1.54) is 40.9 Å². The summed E-state index contributed by atoms with van der Waals surface area (Å²) in [5.41, 5.74) is 1.57. The molecular weight excluding hydrogens is 372 g/mol. The van der Waals surface area contributed by atoms with Crippen LogP contribution in [-0.2, 0) is 10.0 Å². The number of hydrogen-bond acceptors (Lipinski definition) is 3. The predicted octanol–water partition coefficient (Wildman–Crippen LogP) is 3.99. The maximum Gasteiger partial charge on any atom is 0.252 e. The van der Waals surface area contributed by atoms with Gasteiger partial charge in [0.25, 0.3) is 5.91 Å². The van der Waals surface area contributed by atoms with E-state index < -0.39 is 10.0 Å². The van der Waals surface area contributed by atoms with Gasteiger partial charge in [-0.05, 0) is 50.3 Å². The van der Waals surface area contributed by atoms with E-state index >= 15 is 0 Å². The second-order valence-corrected chi connectivity index (χ2v) is 8.69. The van der Waals surface area contributed by atoms with Crippen molar-refractivity contribution in [1.82, 2.24) is 9.62 Å². The zero-order valence-electron chi connectivity index (χ0n) is 15.4. The van der Waals surface area contributed by atoms with Gasteiger partial charge in [0.2, 0.25) is 10.0 Å². The van der Waals surface area contributed by atoms with Crippen molar-refractivity contribution >= 4 is 27.5 Å². The normalized spacial score (nSPS) is 15.0. The third kappa shape index (κ3) is 5.09. The minimum atomic E-state index is -3.63. The third-order valence-electron chi connectivity index (χ3n) is 4.64. The van der Waals surface area contributed by atoms with Crippen molar-refractivity contribution in [3.05, 3.63) is 40.4 Å². The average molecular weight is 399 g/mol. The number of benzene rings is 1. The zero-order chi connectivity index (χ0) is 19.2. The zero-order valence-corrected chi connectivity index (χ0v) is 17.0. The molecule has 0 saturated heterocycles. The minimum Gasteiger partial charge on any atom is -0.352 e. The van der Waals surface area contributed by atoms with Gasteiger partial charge < -0.3 is 5.32 Å². The maximum atomic E-state index is 12.6. The van der Waals surface area contributed by atoms with Crippen LogP contribution >= 0.6 is 11.6 Å². The van der Waals surface area contributed by atoms with Crippen LogP contribution in [0.1, 0.15) is 56.3 Å². The van der Waals surface area contributed by atoms with Crippen molar-refractivity contribution in [2.45, 2.75) is 50.8 Å². The summed E-state index contributed by atoms with van der Waals surface area (Å²) in [6.07, 6.45) is 7.71. The molecule has 26 heavy (non-hydrogen) atoms. The molecule has 5 nitrogen and oxygen atoms in total. The Labute approximate surface area is 161 Å². The standard InChI is InChI=1S/C19H27ClN2O3S/c1-3-22(4-2)26(24,25)16-10-11-18(20)17(14-16)19(23)21-13-12-15-8-6-5-7-9-15/h8,10-11,14H,3-7,9,12-13H2,1-2H3,(H,21,23). The lowest BCUT2D eigenvalue weighted by Crippen LogP contribution is -2.31. The molecule has 1 aromatic rings. The summed E-state index contributed by atoms with van der Waals surface area (Å²) in [6, 6.07) is 4.28. The molecule has 1 aromatic carbocycles. The van der Waals surface area contributed by atoms with Crippen LogP contribution in [0.25, 0.3) is 0 Å². The van der Waals surface area contributed by atoms with Crippen LogP contribution in [0.2, 0.25) is 5.02 Å². The lowest BCUT2D eigenvalue weighted by Gasteiger charge is -2.19. The molecule has 1 amide bonds. The van der Waals surface area contributed by atoms with Gasteiger partial charge in [0.1, 0.15) is 0 Å². The Morgan fingerprint density at radius 2 is 1.96 bits per heavy atom. The van der Waals surface area contributed by atoms with E-state index in [0.717, 1.165) is 19.3 Å². The van der Waals surface area contributed by atoms with E-state index in [-0.39, 0.29) is 21.4 Å². The molecule has 7 heteroatoms. The molecule has 0 radical (unpaired) electrons. The molecule has 0 heterocycles. The highest BCUT2D eigenvalue weighted by atomic mass is 35.5. The van der Waals surface area contributed by atoms with Crippen molar-refractivity contribution in [3.63, 3.8) is 0 Å². The molecule has 0 aromatic heterocycles. The maximum absolute atomic E-state index is 12.6. The molecule has 1 aliphatic carbocycles. The molecule has 0 atom stereocenters. The Bertz CT molecular complexity index is 771. The van der Waals surface area contributed by atoms with E-state index in [1.807, 2.05) is 0 Å². The number of hydrogen-bond donors (Lipinski definition) is 1. The fourth-order valence-corrected chi connectivity index (χ4v) is 4.80. The van der Waals surface area contributed by atoms with Crippen molar-refractivity contribution in [1.29, 1.82) is 0 Å². The summed E-state index contributed by atoms with van der Waals surface area (Å²) in [5.74, 6) is -0.344. The van der Waals surface area contributed by atoms with Gasteiger partial charge in [-0.1, -0.05) is 37.1 Å². The summed E-state index contributed by atoms with van der Waals surface area (Å²) in [7, 11) is -3.63. The number of carbonyl (C=O) groups excluding carboxylic acids is 1. The topological polar surface area (TPSA) is 66.5 Å². The number of nitrogens with zero attached hydrogens (tertiary/aromatic N) is 1. The molecule has 2 rings (SSSR count). The van der Waals surface area contributed by atoms with Crippen LogP contribution < -0.4 is 5.32 Å². The molecule has 0 bridgehead atoms. The van der Waals surface area contributed by atoms with Crippen LogP contribution in [-0.4, -0.2) is 38.3 Å². The van der Waals surface area contributed by atoms with Gasteiger partial charge in [-0.15, -0.1) is 0 Å². The molecule has 0 unspecified atom stereocenters. The first-order chi connectivity index (χ1) is 12.4. The molecule has 0 saturated carbocycles. The molecule has 144 valence electrons. The van der Waals surface area contributed by atoms with Gasteiger partial charge in [0.05, 0.1) is 15.5 Å². The van der Waals surface area contributed by atoms with Gasteiger partial charge in [0, 0.05) is 19.6 Å². The van der Waals surface area contributed by atoms with Crippen LogP contribution in [0.15, 0.2) is 34.7 Å². The third-order valence-corrected chi connectivity index (χ3v) is 7.02. The first-order valence-corrected chi connectivity index (χ1v) is 11.0. The summed E-state index contributed by atoms with van der Waals surface area (Å²) in [6.45, 7) is 4.83. The highest BCUT2D eigenvalue weighted by molar-refractivity contribution is 7.89. The number of nitrogens with one attached hydrogen (secondary N) is 1. The second-order valence-electron chi connectivity index (χ2n) is 6.35. The number of carbonyl (C=O) groups is 1. The van der Waals surface area contributed by atoms with Crippen LogP contribution in [0.5, 0.6) is 0 Å². The van der Waals surface area contributed by atoms with Crippen LogP contribution in [0.4, 0.5) is 0 Å². The Balaban J connectivity index is 2.11. The monoisotopic (exact) mass is 398 g/mol. The van der Waals surface area contributed by atoms with Crippen LogP contribution in [0, 0.1) is 0 Å². The van der Waals surface area contributed by atoms with Crippen LogP contribution in [0.3, 0.4) is 0 Å². The largest absolute Gasteiger partial charge is 0.352 e. The van der Waals surface area contributed by atoms with E-state index in [0.29, 0.717) is 19.6 Å². The summed E-state index contributed by atoms with van der Waals surface area (Å²) < 4.78 is 26.6. The molecule has 1 aliphatic rings. The second kappa shape index (κ2) is 9.53. The highest BCUT2D eigenvalue weighted by Crippen LogP contribution is 2.23. The molecule has 1 N–H and O–H groups in total. The summed E-state index contributed by atoms with van der Waals surface area (Å²) in [4.78, 5) is 12.6. The smallest absolute Gasteiger partial charge is 0.252 e. The summed E-state index contributed by atoms with van der Waals surface area (Å²) >= 11 is 6.14. The fourth-order valence-electron chi connectivity index (χ4n) is 3.11. The van der Waals surface area contributed by atoms with Crippen molar-refractivity contribution in [2.75, 3.05) is 19.6 Å².